The molecule has 1 N–H and O–H groups in total. The Morgan fingerprint density at radius 1 is 1.22 bits per heavy atom. The molecule has 0 bridgehead atoms. The Balaban J connectivity index is 1.33. The minimum absolute atomic E-state index is 0.153. The zero-order valence-electron chi connectivity index (χ0n) is 15.7. The summed E-state index contributed by atoms with van der Waals surface area (Å²) >= 11 is 0. The lowest BCUT2D eigenvalue weighted by Gasteiger charge is -2.47. The first-order chi connectivity index (χ1) is 12.8. The Morgan fingerprint density at radius 2 is 1.93 bits per heavy atom. The van der Waals surface area contributed by atoms with Crippen LogP contribution in [-0.4, -0.2) is 36.0 Å². The topological polar surface area (TPSA) is 32.3 Å². The van der Waals surface area contributed by atoms with Gasteiger partial charge in [0, 0.05) is 24.5 Å². The van der Waals surface area contributed by atoms with Gasteiger partial charge in [-0.3, -0.25) is 4.79 Å². The lowest BCUT2D eigenvalue weighted by atomic mass is 9.67. The molecule has 0 aromatic heterocycles. The van der Waals surface area contributed by atoms with Gasteiger partial charge >= 0.3 is 6.18 Å². The number of amides is 1. The number of carbonyl (C=O) groups excluding carboxylic acids is 1. The molecule has 3 fully saturated rings. The number of carbonyl (C=O) groups is 1. The molecule has 3 aliphatic rings. The normalized spacial score (nSPS) is 29.2. The number of likely N-dealkylation sites (tertiary alicyclic amines) is 1. The van der Waals surface area contributed by atoms with Crippen LogP contribution in [0.2, 0.25) is 0 Å². The first kappa shape index (κ1) is 18.8. The highest BCUT2D eigenvalue weighted by molar-refractivity contribution is 5.80. The first-order valence-corrected chi connectivity index (χ1v) is 9.99. The van der Waals surface area contributed by atoms with Gasteiger partial charge in [0.05, 0.1) is 5.56 Å². The fraction of sp³-hybridized carbons (Fsp3) is 0.667. The van der Waals surface area contributed by atoms with Crippen LogP contribution in [0.3, 0.4) is 0 Å². The van der Waals surface area contributed by atoms with Crippen molar-refractivity contribution in [1.82, 2.24) is 10.2 Å². The van der Waals surface area contributed by atoms with Crippen LogP contribution in [0, 0.1) is 12.8 Å². The van der Waals surface area contributed by atoms with Crippen LogP contribution in [-0.2, 0) is 11.0 Å². The summed E-state index contributed by atoms with van der Waals surface area (Å²) in [5, 5.41) is 3.56. The molecule has 6 heteroatoms. The van der Waals surface area contributed by atoms with Crippen LogP contribution in [0.5, 0.6) is 0 Å². The first-order valence-electron chi connectivity index (χ1n) is 9.99. The molecule has 2 aliphatic heterocycles. The number of halogens is 3. The predicted molar refractivity (Wildman–Crippen MR) is 97.4 cm³/mol. The van der Waals surface area contributed by atoms with E-state index in [1.165, 1.54) is 25.8 Å². The molecule has 1 spiro atoms. The second-order valence-electron chi connectivity index (χ2n) is 8.59. The van der Waals surface area contributed by atoms with E-state index >= 15 is 0 Å². The van der Waals surface area contributed by atoms with E-state index in [2.05, 4.69) is 5.32 Å². The van der Waals surface area contributed by atoms with E-state index in [0.717, 1.165) is 37.8 Å². The lowest BCUT2D eigenvalue weighted by Crippen LogP contribution is -2.56. The van der Waals surface area contributed by atoms with Crippen molar-refractivity contribution < 1.29 is 18.0 Å². The molecule has 0 unspecified atom stereocenters. The van der Waals surface area contributed by atoms with Crippen LogP contribution >= 0.6 is 0 Å². The smallest absolute Gasteiger partial charge is 0.342 e. The number of alkyl halides is 3. The summed E-state index contributed by atoms with van der Waals surface area (Å²) in [6, 6.07) is 4.48. The number of nitrogens with zero attached hydrogens (tertiary/aromatic N) is 1. The van der Waals surface area contributed by atoms with Crippen molar-refractivity contribution in [3.05, 3.63) is 34.9 Å². The molecule has 2 saturated heterocycles. The number of rotatable bonds is 2. The summed E-state index contributed by atoms with van der Waals surface area (Å²) in [7, 11) is 0. The molecule has 1 aromatic carbocycles. The van der Waals surface area contributed by atoms with Crippen molar-refractivity contribution >= 4 is 5.91 Å². The highest BCUT2D eigenvalue weighted by Crippen LogP contribution is 2.45. The number of hydrogen-bond acceptors (Lipinski definition) is 2. The van der Waals surface area contributed by atoms with Crippen molar-refractivity contribution in [2.24, 2.45) is 5.92 Å². The van der Waals surface area contributed by atoms with Crippen LogP contribution in [0.4, 0.5) is 13.2 Å². The number of piperidine rings is 1. The SMILES string of the molecule is Cc1cc(C2CCN(C(=O)[C@H]3C[C@]4(CCCN4)C3)CC2)ccc1C(F)(F)F. The summed E-state index contributed by atoms with van der Waals surface area (Å²) < 4.78 is 38.8. The Labute approximate surface area is 158 Å². The molecule has 1 aliphatic carbocycles. The minimum Gasteiger partial charge on any atom is -0.342 e. The van der Waals surface area contributed by atoms with E-state index in [0.29, 0.717) is 13.1 Å². The maximum atomic E-state index is 12.9. The van der Waals surface area contributed by atoms with Gasteiger partial charge in [0.2, 0.25) is 5.91 Å². The standard InChI is InChI=1S/C21H27F3N2O/c1-14-11-16(3-4-18(14)21(22,23)24)15-5-9-26(10-6-15)19(27)17-12-20(13-17)7-2-8-25-20/h3-4,11,15,17,25H,2,5-10,12-13H2,1H3/t17-,20+. The van der Waals surface area contributed by atoms with E-state index in [4.69, 9.17) is 0 Å². The third kappa shape index (κ3) is 3.60. The second-order valence-corrected chi connectivity index (χ2v) is 8.59. The highest BCUT2D eigenvalue weighted by atomic mass is 19.4. The van der Waals surface area contributed by atoms with Crippen LogP contribution < -0.4 is 5.32 Å². The van der Waals surface area contributed by atoms with Gasteiger partial charge in [-0.15, -0.1) is 0 Å². The van der Waals surface area contributed by atoms with E-state index in [1.54, 1.807) is 12.1 Å². The maximum absolute atomic E-state index is 12.9. The quantitative estimate of drug-likeness (QED) is 0.832. The highest BCUT2D eigenvalue weighted by Gasteiger charge is 2.49. The Hall–Kier alpha value is -1.56. The van der Waals surface area contributed by atoms with Gasteiger partial charge < -0.3 is 10.2 Å². The molecule has 3 nitrogen and oxygen atoms in total. The molecule has 27 heavy (non-hydrogen) atoms. The lowest BCUT2D eigenvalue weighted by molar-refractivity contribution is -0.142. The maximum Gasteiger partial charge on any atom is 0.416 e. The van der Waals surface area contributed by atoms with Gasteiger partial charge in [0.15, 0.2) is 0 Å². The van der Waals surface area contributed by atoms with Crippen LogP contribution in [0.1, 0.15) is 61.1 Å². The summed E-state index contributed by atoms with van der Waals surface area (Å²) in [4.78, 5) is 14.7. The third-order valence-corrected chi connectivity index (χ3v) is 6.79. The molecule has 2 heterocycles. The second kappa shape index (κ2) is 6.80. The summed E-state index contributed by atoms with van der Waals surface area (Å²) in [5.41, 5.74) is 0.919. The van der Waals surface area contributed by atoms with E-state index in [-0.39, 0.29) is 28.8 Å². The molecule has 1 amide bonds. The predicted octanol–water partition coefficient (Wildman–Crippen LogP) is 4.25. The summed E-state index contributed by atoms with van der Waals surface area (Å²) in [6.45, 7) is 4.01. The number of nitrogens with one attached hydrogen (secondary N) is 1. The molecule has 1 aromatic rings. The Bertz CT molecular complexity index is 709. The Kier molecular flexibility index (Phi) is 4.73. The molecule has 1 saturated carbocycles. The number of aryl methyl sites for hydroxylation is 1. The van der Waals surface area contributed by atoms with Crippen molar-refractivity contribution in [1.29, 1.82) is 0 Å². The molecular weight excluding hydrogens is 353 g/mol. The fourth-order valence-corrected chi connectivity index (χ4v) is 5.23. The average Bonchev–Trinajstić information content (AvgIpc) is 3.09. The average molecular weight is 380 g/mol. The van der Waals surface area contributed by atoms with Gasteiger partial charge in [-0.05, 0) is 75.1 Å². The van der Waals surface area contributed by atoms with Gasteiger partial charge in [0.1, 0.15) is 0 Å². The van der Waals surface area contributed by atoms with Crippen molar-refractivity contribution in [2.75, 3.05) is 19.6 Å². The number of hydrogen-bond donors (Lipinski definition) is 1. The van der Waals surface area contributed by atoms with Gasteiger partial charge in [-0.1, -0.05) is 12.1 Å². The molecule has 0 atom stereocenters. The third-order valence-electron chi connectivity index (χ3n) is 6.79. The Morgan fingerprint density at radius 3 is 2.48 bits per heavy atom. The fourth-order valence-electron chi connectivity index (χ4n) is 5.23. The minimum atomic E-state index is -4.30. The molecular formula is C21H27F3N2O. The zero-order valence-corrected chi connectivity index (χ0v) is 15.7. The van der Waals surface area contributed by atoms with Crippen LogP contribution in [0.15, 0.2) is 18.2 Å². The largest absolute Gasteiger partial charge is 0.416 e. The van der Waals surface area contributed by atoms with Crippen molar-refractivity contribution in [2.45, 2.75) is 63.1 Å². The number of benzene rings is 1. The monoisotopic (exact) mass is 380 g/mol. The van der Waals surface area contributed by atoms with Crippen molar-refractivity contribution in [3.8, 4) is 0 Å². The van der Waals surface area contributed by atoms with E-state index < -0.39 is 11.7 Å². The zero-order chi connectivity index (χ0) is 19.2. The summed E-state index contributed by atoms with van der Waals surface area (Å²) in [6.07, 6.45) is 1.67. The van der Waals surface area contributed by atoms with Gasteiger partial charge in [0.25, 0.3) is 0 Å². The summed E-state index contributed by atoms with van der Waals surface area (Å²) in [5.74, 6) is 0.663. The van der Waals surface area contributed by atoms with E-state index in [9.17, 15) is 18.0 Å². The van der Waals surface area contributed by atoms with E-state index in [1.807, 2.05) is 4.90 Å². The molecule has 4 rings (SSSR count). The van der Waals surface area contributed by atoms with Crippen molar-refractivity contribution in [3.63, 3.8) is 0 Å². The molecule has 148 valence electrons. The van der Waals surface area contributed by atoms with Gasteiger partial charge in [-0.25, -0.2) is 0 Å². The van der Waals surface area contributed by atoms with Gasteiger partial charge in [-0.2, -0.15) is 13.2 Å². The van der Waals surface area contributed by atoms with Crippen LogP contribution in [0.25, 0.3) is 0 Å². The molecule has 0 radical (unpaired) electrons.